The number of amides is 1. The molecular formula is C17H19NO2S2. The maximum atomic E-state index is 12.1. The predicted molar refractivity (Wildman–Crippen MR) is 95.2 cm³/mol. The lowest BCUT2D eigenvalue weighted by Crippen LogP contribution is -2.14. The molecule has 0 saturated heterocycles. The van der Waals surface area contributed by atoms with E-state index in [2.05, 4.69) is 12.2 Å². The molecule has 0 aliphatic carbocycles. The van der Waals surface area contributed by atoms with E-state index in [0.29, 0.717) is 5.75 Å². The van der Waals surface area contributed by atoms with Crippen LogP contribution in [-0.2, 0) is 4.79 Å². The molecule has 1 amide bonds. The van der Waals surface area contributed by atoms with Crippen molar-refractivity contribution in [1.29, 1.82) is 0 Å². The summed E-state index contributed by atoms with van der Waals surface area (Å²) in [4.78, 5) is 14.3. The Kier molecular flexibility index (Phi) is 6.68. The Bertz CT molecular complexity index is 614. The second-order valence-corrected chi connectivity index (χ2v) is 6.80. The number of hydrogen-bond acceptors (Lipinski definition) is 4. The van der Waals surface area contributed by atoms with Gasteiger partial charge in [0.25, 0.3) is 0 Å². The standard InChI is InChI=1S/C17H19NO2S2/c1-3-21-16-7-5-4-6-15(16)18-17(19)12-22-14-10-8-13(20-2)9-11-14/h4-11H,3,12H2,1-2H3,(H,18,19). The molecule has 0 aromatic heterocycles. The van der Waals surface area contributed by atoms with Crippen LogP contribution >= 0.6 is 23.5 Å². The van der Waals surface area contributed by atoms with E-state index in [0.717, 1.165) is 27.0 Å². The molecule has 0 bridgehead atoms. The number of thioether (sulfide) groups is 2. The van der Waals surface area contributed by atoms with Gasteiger partial charge in [-0.1, -0.05) is 19.1 Å². The van der Waals surface area contributed by atoms with Crippen molar-refractivity contribution < 1.29 is 9.53 Å². The first-order chi connectivity index (χ1) is 10.7. The van der Waals surface area contributed by atoms with Crippen LogP contribution in [0.5, 0.6) is 5.75 Å². The van der Waals surface area contributed by atoms with Crippen molar-refractivity contribution in [2.75, 3.05) is 23.9 Å². The Morgan fingerprint density at radius 3 is 2.50 bits per heavy atom. The number of carbonyl (C=O) groups is 1. The summed E-state index contributed by atoms with van der Waals surface area (Å²) in [5, 5.41) is 2.98. The number of anilines is 1. The molecule has 22 heavy (non-hydrogen) atoms. The van der Waals surface area contributed by atoms with Gasteiger partial charge in [0.15, 0.2) is 0 Å². The molecule has 0 spiro atoms. The zero-order valence-corrected chi connectivity index (χ0v) is 14.3. The van der Waals surface area contributed by atoms with E-state index >= 15 is 0 Å². The van der Waals surface area contributed by atoms with Crippen LogP contribution in [0.25, 0.3) is 0 Å². The van der Waals surface area contributed by atoms with Crippen molar-refractivity contribution in [2.24, 2.45) is 0 Å². The third kappa shape index (κ3) is 5.00. The first kappa shape index (κ1) is 16.8. The lowest BCUT2D eigenvalue weighted by Gasteiger charge is -2.10. The summed E-state index contributed by atoms with van der Waals surface area (Å²) in [5.41, 5.74) is 0.884. The lowest BCUT2D eigenvalue weighted by molar-refractivity contribution is -0.113. The van der Waals surface area contributed by atoms with Crippen molar-refractivity contribution >= 4 is 35.1 Å². The molecule has 0 aliphatic heterocycles. The number of ether oxygens (including phenoxy) is 1. The van der Waals surface area contributed by atoms with E-state index in [1.807, 2.05) is 48.5 Å². The van der Waals surface area contributed by atoms with Crippen LogP contribution in [0.2, 0.25) is 0 Å². The average molecular weight is 333 g/mol. The number of benzene rings is 2. The molecule has 3 nitrogen and oxygen atoms in total. The van der Waals surface area contributed by atoms with Crippen LogP contribution in [0.1, 0.15) is 6.92 Å². The van der Waals surface area contributed by atoms with Crippen molar-refractivity contribution in [3.63, 3.8) is 0 Å². The van der Waals surface area contributed by atoms with Crippen molar-refractivity contribution in [3.05, 3.63) is 48.5 Å². The van der Waals surface area contributed by atoms with Crippen LogP contribution < -0.4 is 10.1 Å². The van der Waals surface area contributed by atoms with Crippen molar-refractivity contribution in [2.45, 2.75) is 16.7 Å². The topological polar surface area (TPSA) is 38.3 Å². The Balaban J connectivity index is 1.90. The molecule has 0 atom stereocenters. The second-order valence-electron chi connectivity index (χ2n) is 4.44. The SMILES string of the molecule is CCSc1ccccc1NC(=O)CSc1ccc(OC)cc1. The highest BCUT2D eigenvalue weighted by Crippen LogP contribution is 2.27. The number of rotatable bonds is 7. The molecule has 0 fully saturated rings. The average Bonchev–Trinajstić information content (AvgIpc) is 2.55. The molecule has 1 N–H and O–H groups in total. The Labute approximate surface area is 139 Å². The quantitative estimate of drug-likeness (QED) is 0.755. The smallest absolute Gasteiger partial charge is 0.234 e. The molecule has 0 unspecified atom stereocenters. The third-order valence-electron chi connectivity index (χ3n) is 2.89. The Hall–Kier alpha value is -1.59. The predicted octanol–water partition coefficient (Wildman–Crippen LogP) is 4.54. The summed E-state index contributed by atoms with van der Waals surface area (Å²) in [6, 6.07) is 15.6. The number of methoxy groups -OCH3 is 1. The van der Waals surface area contributed by atoms with E-state index in [-0.39, 0.29) is 5.91 Å². The van der Waals surface area contributed by atoms with Gasteiger partial charge in [-0.3, -0.25) is 4.79 Å². The minimum atomic E-state index is 0.00460. The van der Waals surface area contributed by atoms with Crippen molar-refractivity contribution in [1.82, 2.24) is 0 Å². The largest absolute Gasteiger partial charge is 0.497 e. The molecule has 5 heteroatoms. The first-order valence-corrected chi connectivity index (χ1v) is 8.98. The molecule has 2 aromatic carbocycles. The minimum absolute atomic E-state index is 0.00460. The van der Waals surface area contributed by atoms with E-state index < -0.39 is 0 Å². The van der Waals surface area contributed by atoms with Gasteiger partial charge in [0.05, 0.1) is 18.6 Å². The number of carbonyl (C=O) groups excluding carboxylic acids is 1. The van der Waals surface area contributed by atoms with Gasteiger partial charge < -0.3 is 10.1 Å². The Morgan fingerprint density at radius 1 is 1.09 bits per heavy atom. The van der Waals surface area contributed by atoms with Gasteiger partial charge in [0.2, 0.25) is 5.91 Å². The molecular weight excluding hydrogens is 314 g/mol. The highest BCUT2D eigenvalue weighted by molar-refractivity contribution is 8.00. The van der Waals surface area contributed by atoms with Crippen LogP contribution in [0.4, 0.5) is 5.69 Å². The maximum absolute atomic E-state index is 12.1. The van der Waals surface area contributed by atoms with E-state index in [1.54, 1.807) is 18.9 Å². The van der Waals surface area contributed by atoms with E-state index in [4.69, 9.17) is 4.74 Å². The summed E-state index contributed by atoms with van der Waals surface area (Å²) in [6.45, 7) is 2.10. The molecule has 0 radical (unpaired) electrons. The molecule has 0 saturated carbocycles. The third-order valence-corrected chi connectivity index (χ3v) is 4.86. The second kappa shape index (κ2) is 8.76. The van der Waals surface area contributed by atoms with Gasteiger partial charge in [-0.25, -0.2) is 0 Å². The van der Waals surface area contributed by atoms with Crippen LogP contribution in [0, 0.1) is 0 Å². The molecule has 0 aliphatic rings. The minimum Gasteiger partial charge on any atom is -0.497 e. The Morgan fingerprint density at radius 2 is 1.82 bits per heavy atom. The molecule has 2 aromatic rings. The summed E-state index contributed by atoms with van der Waals surface area (Å²) in [7, 11) is 1.64. The highest BCUT2D eigenvalue weighted by Gasteiger charge is 2.07. The maximum Gasteiger partial charge on any atom is 0.234 e. The zero-order chi connectivity index (χ0) is 15.8. The summed E-state index contributed by atoms with van der Waals surface area (Å²) in [5.74, 6) is 2.19. The lowest BCUT2D eigenvalue weighted by atomic mass is 10.3. The fourth-order valence-electron chi connectivity index (χ4n) is 1.86. The van der Waals surface area contributed by atoms with Gasteiger partial charge in [0.1, 0.15) is 5.75 Å². The highest BCUT2D eigenvalue weighted by atomic mass is 32.2. The first-order valence-electron chi connectivity index (χ1n) is 7.01. The van der Waals surface area contributed by atoms with E-state index in [9.17, 15) is 4.79 Å². The molecule has 116 valence electrons. The molecule has 0 heterocycles. The van der Waals surface area contributed by atoms with E-state index in [1.165, 1.54) is 11.8 Å². The van der Waals surface area contributed by atoms with Gasteiger partial charge >= 0.3 is 0 Å². The fraction of sp³-hybridized carbons (Fsp3) is 0.235. The summed E-state index contributed by atoms with van der Waals surface area (Å²) < 4.78 is 5.12. The van der Waals surface area contributed by atoms with Gasteiger partial charge in [-0.2, -0.15) is 0 Å². The van der Waals surface area contributed by atoms with Crippen LogP contribution in [0.15, 0.2) is 58.3 Å². The number of hydrogen-bond donors (Lipinski definition) is 1. The normalized spacial score (nSPS) is 10.3. The zero-order valence-electron chi connectivity index (χ0n) is 12.7. The van der Waals surface area contributed by atoms with Gasteiger partial charge in [0, 0.05) is 9.79 Å². The number of nitrogens with one attached hydrogen (secondary N) is 1. The number of para-hydroxylation sites is 1. The van der Waals surface area contributed by atoms with Crippen molar-refractivity contribution in [3.8, 4) is 5.75 Å². The summed E-state index contributed by atoms with van der Waals surface area (Å²) >= 11 is 3.24. The van der Waals surface area contributed by atoms with Crippen LogP contribution in [-0.4, -0.2) is 24.5 Å². The summed E-state index contributed by atoms with van der Waals surface area (Å²) in [6.07, 6.45) is 0. The molecule has 2 rings (SSSR count). The fourth-order valence-corrected chi connectivity index (χ4v) is 3.32. The van der Waals surface area contributed by atoms with Gasteiger partial charge in [-0.05, 0) is 42.2 Å². The monoisotopic (exact) mass is 333 g/mol. The van der Waals surface area contributed by atoms with Gasteiger partial charge in [-0.15, -0.1) is 23.5 Å². The van der Waals surface area contributed by atoms with Crippen LogP contribution in [0.3, 0.4) is 0 Å².